The van der Waals surface area contributed by atoms with Crippen LogP contribution in [0.2, 0.25) is 10.0 Å². The maximum absolute atomic E-state index is 13.2. The van der Waals surface area contributed by atoms with Gasteiger partial charge in [-0.25, -0.2) is 9.58 Å². The van der Waals surface area contributed by atoms with E-state index in [0.29, 0.717) is 17.1 Å². The first-order chi connectivity index (χ1) is 19.1. The van der Waals surface area contributed by atoms with E-state index in [-0.39, 0.29) is 43.3 Å². The molecule has 3 amide bonds. The third-order valence-electron chi connectivity index (χ3n) is 6.36. The fourth-order valence-electron chi connectivity index (χ4n) is 4.27. The van der Waals surface area contributed by atoms with E-state index in [0.717, 1.165) is 4.90 Å². The van der Waals surface area contributed by atoms with E-state index < -0.39 is 17.7 Å². The predicted molar refractivity (Wildman–Crippen MR) is 156 cm³/mol. The standard InChI is InChI=1S/C28H20Cl3N5O4/c1-15-23(28(40)36(34(15)2)19-9-4-3-5-10-19)33-25(37)16-7-6-8-18(13-16)32-24-22(31)26(38)35(27(24)39)21-14-17(29)11-12-20(21)30/h3-14,32H,1-2H3,(H,33,37). The molecule has 0 saturated heterocycles. The van der Waals surface area contributed by atoms with Crippen molar-refractivity contribution in [2.24, 2.45) is 7.05 Å². The van der Waals surface area contributed by atoms with E-state index in [4.69, 9.17) is 34.8 Å². The Morgan fingerprint density at radius 2 is 1.57 bits per heavy atom. The minimum atomic E-state index is -0.776. The molecule has 202 valence electrons. The number of anilines is 3. The molecule has 0 fully saturated rings. The van der Waals surface area contributed by atoms with Crippen molar-refractivity contribution in [3.8, 4) is 5.69 Å². The van der Waals surface area contributed by atoms with Crippen molar-refractivity contribution in [1.82, 2.24) is 9.36 Å². The van der Waals surface area contributed by atoms with Gasteiger partial charge in [-0.15, -0.1) is 0 Å². The first kappa shape index (κ1) is 27.3. The molecule has 9 nitrogen and oxygen atoms in total. The van der Waals surface area contributed by atoms with Crippen molar-refractivity contribution in [2.45, 2.75) is 6.92 Å². The van der Waals surface area contributed by atoms with E-state index in [2.05, 4.69) is 10.6 Å². The third-order valence-corrected chi connectivity index (χ3v) is 7.27. The molecule has 4 aromatic rings. The summed E-state index contributed by atoms with van der Waals surface area (Å²) in [6.07, 6.45) is 0. The molecule has 2 heterocycles. The summed E-state index contributed by atoms with van der Waals surface area (Å²) in [7, 11) is 1.72. The lowest BCUT2D eigenvalue weighted by atomic mass is 10.1. The molecule has 5 rings (SSSR count). The van der Waals surface area contributed by atoms with Crippen LogP contribution in [0.1, 0.15) is 16.1 Å². The van der Waals surface area contributed by atoms with Crippen LogP contribution in [0.25, 0.3) is 5.69 Å². The van der Waals surface area contributed by atoms with E-state index in [1.807, 2.05) is 18.2 Å². The number of imide groups is 1. The molecule has 0 aliphatic carbocycles. The minimum absolute atomic E-state index is 0.0895. The average molecular weight is 597 g/mol. The average Bonchev–Trinajstić information content (AvgIpc) is 3.28. The molecule has 2 N–H and O–H groups in total. The maximum atomic E-state index is 13.2. The first-order valence-electron chi connectivity index (χ1n) is 11.8. The van der Waals surface area contributed by atoms with Crippen LogP contribution >= 0.6 is 34.8 Å². The number of hydrogen-bond acceptors (Lipinski definition) is 5. The SMILES string of the molecule is Cc1c(NC(=O)c2cccc(NC3=C(Cl)C(=O)N(c4cc(Cl)ccc4Cl)C3=O)c2)c(=O)n(-c2ccccc2)n1C. The number of benzene rings is 3. The highest BCUT2D eigenvalue weighted by molar-refractivity contribution is 6.54. The molecular weight excluding hydrogens is 577 g/mol. The number of carbonyl (C=O) groups is 3. The number of carbonyl (C=O) groups excluding carboxylic acids is 3. The van der Waals surface area contributed by atoms with Crippen molar-refractivity contribution < 1.29 is 14.4 Å². The molecule has 0 spiro atoms. The zero-order chi connectivity index (χ0) is 28.7. The highest BCUT2D eigenvalue weighted by Gasteiger charge is 2.40. The third kappa shape index (κ3) is 4.79. The molecule has 0 saturated carbocycles. The van der Waals surface area contributed by atoms with Gasteiger partial charge >= 0.3 is 0 Å². The Morgan fingerprint density at radius 3 is 2.30 bits per heavy atom. The number of halogens is 3. The van der Waals surface area contributed by atoms with Crippen LogP contribution in [-0.2, 0) is 16.6 Å². The number of hydrogen-bond donors (Lipinski definition) is 2. The predicted octanol–water partition coefficient (Wildman–Crippen LogP) is 5.48. The molecule has 12 heteroatoms. The molecule has 0 atom stereocenters. The van der Waals surface area contributed by atoms with Crippen LogP contribution in [0.3, 0.4) is 0 Å². The smallest absolute Gasteiger partial charge is 0.295 e. The van der Waals surface area contributed by atoms with Crippen LogP contribution in [0.5, 0.6) is 0 Å². The fraction of sp³-hybridized carbons (Fsp3) is 0.0714. The lowest BCUT2D eigenvalue weighted by Gasteiger charge is -2.17. The molecule has 3 aromatic carbocycles. The molecule has 1 aromatic heterocycles. The van der Waals surface area contributed by atoms with Gasteiger partial charge < -0.3 is 10.6 Å². The second kappa shape index (κ2) is 10.7. The first-order valence-corrected chi connectivity index (χ1v) is 13.0. The van der Waals surface area contributed by atoms with Crippen molar-refractivity contribution >= 4 is 69.6 Å². The summed E-state index contributed by atoms with van der Waals surface area (Å²) in [4.78, 5) is 53.2. The summed E-state index contributed by atoms with van der Waals surface area (Å²) in [5.74, 6) is -2.06. The Morgan fingerprint density at radius 1 is 0.850 bits per heavy atom. The van der Waals surface area contributed by atoms with Crippen LogP contribution in [0.4, 0.5) is 17.1 Å². The van der Waals surface area contributed by atoms with E-state index in [9.17, 15) is 19.2 Å². The summed E-state index contributed by atoms with van der Waals surface area (Å²) in [6, 6.07) is 19.6. The number of amides is 3. The highest BCUT2D eigenvalue weighted by atomic mass is 35.5. The Bertz CT molecular complexity index is 1790. The Balaban J connectivity index is 1.39. The largest absolute Gasteiger partial charge is 0.350 e. The van der Waals surface area contributed by atoms with E-state index in [1.54, 1.807) is 49.0 Å². The summed E-state index contributed by atoms with van der Waals surface area (Å²) in [6.45, 7) is 1.73. The van der Waals surface area contributed by atoms with Gasteiger partial charge in [0.1, 0.15) is 16.4 Å². The van der Waals surface area contributed by atoms with Crippen molar-refractivity contribution in [2.75, 3.05) is 15.5 Å². The maximum Gasteiger partial charge on any atom is 0.295 e. The van der Waals surface area contributed by atoms with Gasteiger partial charge in [0.2, 0.25) is 0 Å². The van der Waals surface area contributed by atoms with E-state index >= 15 is 0 Å². The summed E-state index contributed by atoms with van der Waals surface area (Å²) < 4.78 is 3.11. The quantitative estimate of drug-likeness (QED) is 0.287. The second-order valence-electron chi connectivity index (χ2n) is 8.83. The van der Waals surface area contributed by atoms with Gasteiger partial charge in [-0.3, -0.25) is 23.9 Å². The minimum Gasteiger partial charge on any atom is -0.350 e. The van der Waals surface area contributed by atoms with Gasteiger partial charge in [-0.05, 0) is 55.5 Å². The molecule has 1 aliphatic rings. The molecule has 40 heavy (non-hydrogen) atoms. The Hall–Kier alpha value is -4.31. The number of para-hydroxylation sites is 1. The molecule has 0 unspecified atom stereocenters. The second-order valence-corrected chi connectivity index (χ2v) is 10.0. The van der Waals surface area contributed by atoms with Crippen LogP contribution < -0.4 is 21.1 Å². The van der Waals surface area contributed by atoms with Crippen molar-refractivity contribution in [3.05, 3.63) is 115 Å². The number of rotatable bonds is 6. The topological polar surface area (TPSA) is 105 Å². The van der Waals surface area contributed by atoms with Gasteiger partial charge in [0.05, 0.1) is 22.1 Å². The van der Waals surface area contributed by atoms with Crippen LogP contribution in [-0.4, -0.2) is 27.1 Å². The highest BCUT2D eigenvalue weighted by Crippen LogP contribution is 2.36. The van der Waals surface area contributed by atoms with E-state index in [1.165, 1.54) is 28.9 Å². The number of aromatic nitrogens is 2. The molecule has 1 aliphatic heterocycles. The van der Waals surface area contributed by atoms with Gasteiger partial charge in [-0.2, -0.15) is 0 Å². The lowest BCUT2D eigenvalue weighted by Crippen LogP contribution is -2.32. The summed E-state index contributed by atoms with van der Waals surface area (Å²) in [5.41, 5.74) is 1.36. The van der Waals surface area contributed by atoms with Gasteiger partial charge in [0, 0.05) is 23.3 Å². The van der Waals surface area contributed by atoms with Crippen molar-refractivity contribution in [1.29, 1.82) is 0 Å². The lowest BCUT2D eigenvalue weighted by molar-refractivity contribution is -0.120. The Labute approximate surface area is 243 Å². The molecular formula is C28H20Cl3N5O4. The fourth-order valence-corrected chi connectivity index (χ4v) is 4.85. The van der Waals surface area contributed by atoms with Crippen LogP contribution in [0.15, 0.2) is 88.3 Å². The van der Waals surface area contributed by atoms with Gasteiger partial charge in [-0.1, -0.05) is 59.1 Å². The number of nitrogens with one attached hydrogen (secondary N) is 2. The number of nitrogens with zero attached hydrogens (tertiary/aromatic N) is 3. The van der Waals surface area contributed by atoms with Crippen molar-refractivity contribution in [3.63, 3.8) is 0 Å². The summed E-state index contributed by atoms with van der Waals surface area (Å²) in [5, 5.41) is 5.59. The van der Waals surface area contributed by atoms with Gasteiger partial charge in [0.15, 0.2) is 0 Å². The monoisotopic (exact) mass is 595 g/mol. The van der Waals surface area contributed by atoms with Gasteiger partial charge in [0.25, 0.3) is 23.3 Å². The zero-order valence-electron chi connectivity index (χ0n) is 21.0. The molecule has 0 bridgehead atoms. The van der Waals surface area contributed by atoms with Crippen LogP contribution in [0, 0.1) is 6.92 Å². The normalized spacial score (nSPS) is 13.3. The summed E-state index contributed by atoms with van der Waals surface area (Å²) >= 11 is 18.5. The zero-order valence-corrected chi connectivity index (χ0v) is 23.3. The Kier molecular flexibility index (Phi) is 7.29. The molecule has 0 radical (unpaired) electrons.